The highest BCUT2D eigenvalue weighted by molar-refractivity contribution is 5.93. The molecule has 2 aromatic rings. The number of likely N-dealkylation sites (N-methyl/N-ethyl adjacent to an activating group) is 1. The third-order valence-electron chi connectivity index (χ3n) is 4.05. The Hall–Kier alpha value is -4.93. The number of nitrogens with two attached hydrogens (primary N) is 2. The minimum absolute atomic E-state index is 0.125. The van der Waals surface area contributed by atoms with Gasteiger partial charge in [0.15, 0.2) is 0 Å². The number of carbonyl (C=O) groups is 2. The van der Waals surface area contributed by atoms with Crippen LogP contribution in [0.25, 0.3) is 0 Å². The summed E-state index contributed by atoms with van der Waals surface area (Å²) in [5.74, 6) is -0.537. The van der Waals surface area contributed by atoms with Crippen LogP contribution in [0.1, 0.15) is 12.5 Å². The molecular formula is C19H21N7O7. The Morgan fingerprint density at radius 1 is 1.18 bits per heavy atom. The van der Waals surface area contributed by atoms with Crippen molar-refractivity contribution < 1.29 is 24.2 Å². The normalized spacial score (nSPS) is 9.52. The summed E-state index contributed by atoms with van der Waals surface area (Å²) in [5, 5.41) is 32.0. The number of nitro benzene ring substituents is 2. The first-order chi connectivity index (χ1) is 15.4. The monoisotopic (exact) mass is 459 g/mol. The Kier molecular flexibility index (Phi) is 9.06. The van der Waals surface area contributed by atoms with Crippen molar-refractivity contribution in [3.8, 4) is 6.07 Å². The van der Waals surface area contributed by atoms with Crippen molar-refractivity contribution in [2.45, 2.75) is 6.92 Å². The van der Waals surface area contributed by atoms with E-state index < -0.39 is 21.2 Å². The van der Waals surface area contributed by atoms with Crippen LogP contribution in [-0.4, -0.2) is 42.4 Å². The van der Waals surface area contributed by atoms with Crippen LogP contribution in [0.15, 0.2) is 30.3 Å². The van der Waals surface area contributed by atoms with E-state index in [2.05, 4.69) is 10.1 Å². The maximum atomic E-state index is 11.2. The number of anilines is 4. The maximum absolute atomic E-state index is 11.2. The molecule has 0 heterocycles. The summed E-state index contributed by atoms with van der Waals surface area (Å²) in [7, 11) is 3.09. The second-order valence-electron chi connectivity index (χ2n) is 6.44. The van der Waals surface area contributed by atoms with Crippen molar-refractivity contribution in [2.75, 3.05) is 42.4 Å². The molecule has 0 atom stereocenters. The lowest BCUT2D eigenvalue weighted by Crippen LogP contribution is -2.26. The summed E-state index contributed by atoms with van der Waals surface area (Å²) in [5.41, 5.74) is 11.0. The Labute approximate surface area is 187 Å². The molecule has 1 amide bonds. The van der Waals surface area contributed by atoms with Gasteiger partial charge < -0.3 is 26.4 Å². The van der Waals surface area contributed by atoms with Gasteiger partial charge >= 0.3 is 5.97 Å². The minimum atomic E-state index is -0.872. The second-order valence-corrected chi connectivity index (χ2v) is 6.44. The first-order valence-corrected chi connectivity index (χ1v) is 8.98. The minimum Gasteiger partial charge on any atom is -0.468 e. The number of hydrogen-bond acceptors (Lipinski definition) is 11. The zero-order valence-electron chi connectivity index (χ0n) is 17.9. The predicted molar refractivity (Wildman–Crippen MR) is 119 cm³/mol. The fraction of sp³-hybridized carbons (Fsp3) is 0.211. The summed E-state index contributed by atoms with van der Waals surface area (Å²) < 4.78 is 4.59. The molecule has 0 aliphatic carbocycles. The van der Waals surface area contributed by atoms with E-state index in [9.17, 15) is 29.8 Å². The Morgan fingerprint density at radius 3 is 2.30 bits per heavy atom. The van der Waals surface area contributed by atoms with Crippen LogP contribution >= 0.6 is 0 Å². The number of rotatable bonds is 6. The van der Waals surface area contributed by atoms with Crippen molar-refractivity contribution in [2.24, 2.45) is 0 Å². The molecule has 174 valence electrons. The van der Waals surface area contributed by atoms with Gasteiger partial charge in [-0.3, -0.25) is 29.8 Å². The van der Waals surface area contributed by atoms with Gasteiger partial charge in [-0.15, -0.1) is 0 Å². The van der Waals surface area contributed by atoms with Gasteiger partial charge in [-0.05, 0) is 18.2 Å². The molecule has 2 aromatic carbocycles. The number of nitrogens with one attached hydrogen (secondary N) is 1. The van der Waals surface area contributed by atoms with Crippen molar-refractivity contribution in [3.63, 3.8) is 0 Å². The zero-order chi connectivity index (χ0) is 25.3. The molecule has 0 aromatic heterocycles. The first-order valence-electron chi connectivity index (χ1n) is 8.98. The number of methoxy groups -OCH3 is 1. The number of nitrogens with zero attached hydrogens (tertiary/aromatic N) is 4. The second kappa shape index (κ2) is 11.5. The van der Waals surface area contributed by atoms with Crippen LogP contribution < -0.4 is 21.7 Å². The van der Waals surface area contributed by atoms with Crippen molar-refractivity contribution >= 4 is 46.0 Å². The highest BCUT2D eigenvalue weighted by Crippen LogP contribution is 2.30. The van der Waals surface area contributed by atoms with Gasteiger partial charge in [-0.2, -0.15) is 5.26 Å². The van der Waals surface area contributed by atoms with Crippen molar-refractivity contribution in [1.82, 2.24) is 0 Å². The lowest BCUT2D eigenvalue weighted by molar-refractivity contribution is -0.393. The molecule has 0 bridgehead atoms. The SMILES string of the molecule is COC(=O)CN(C)c1ccc(N)c(NC(C)=O)c1.N#Cc1cc([N+](=O)[O-])cc([N+](=O)[O-])c1N. The molecule has 14 heteroatoms. The topological polar surface area (TPSA) is 221 Å². The average molecular weight is 459 g/mol. The number of carbonyl (C=O) groups excluding carboxylic acids is 2. The third kappa shape index (κ3) is 7.36. The van der Waals surface area contributed by atoms with E-state index in [1.165, 1.54) is 14.0 Å². The first kappa shape index (κ1) is 26.1. The fourth-order valence-corrected chi connectivity index (χ4v) is 2.40. The number of nitrogen functional groups attached to an aromatic ring is 2. The predicted octanol–water partition coefficient (Wildman–Crippen LogP) is 1.79. The number of hydrogen-bond donors (Lipinski definition) is 3. The van der Waals surface area contributed by atoms with Crippen LogP contribution in [0.5, 0.6) is 0 Å². The quantitative estimate of drug-likeness (QED) is 0.244. The standard InChI is InChI=1S/C12H17N3O3.C7H4N4O4/c1-8(16)14-11-6-9(4-5-10(11)13)15(2)7-12(17)18-3;8-3-4-1-5(10(12)13)2-6(7(4)9)11(14)15/h4-6H,7,13H2,1-3H3,(H,14,16);1-2H,9H2. The summed E-state index contributed by atoms with van der Waals surface area (Å²) in [6.45, 7) is 1.53. The average Bonchev–Trinajstić information content (AvgIpc) is 2.74. The number of benzene rings is 2. The van der Waals surface area contributed by atoms with Gasteiger partial charge in [0, 0.05) is 25.7 Å². The molecule has 0 saturated heterocycles. The molecule has 14 nitrogen and oxygen atoms in total. The van der Waals surface area contributed by atoms with E-state index in [-0.39, 0.29) is 29.7 Å². The summed E-state index contributed by atoms with van der Waals surface area (Å²) in [6.07, 6.45) is 0. The van der Waals surface area contributed by atoms with Gasteiger partial charge in [-0.1, -0.05) is 0 Å². The summed E-state index contributed by atoms with van der Waals surface area (Å²) >= 11 is 0. The number of ether oxygens (including phenoxy) is 1. The highest BCUT2D eigenvalue weighted by Gasteiger charge is 2.21. The molecule has 5 N–H and O–H groups in total. The van der Waals surface area contributed by atoms with E-state index in [0.29, 0.717) is 11.4 Å². The van der Waals surface area contributed by atoms with Gasteiger partial charge in [0.25, 0.3) is 11.4 Å². The third-order valence-corrected chi connectivity index (χ3v) is 4.05. The molecule has 0 aliphatic heterocycles. The van der Waals surface area contributed by atoms with Crippen LogP contribution in [-0.2, 0) is 14.3 Å². The molecule has 0 fully saturated rings. The van der Waals surface area contributed by atoms with Crippen molar-refractivity contribution in [1.29, 1.82) is 5.26 Å². The summed E-state index contributed by atoms with van der Waals surface area (Å²) in [6, 6.07) is 8.31. The van der Waals surface area contributed by atoms with E-state index in [0.717, 1.165) is 17.8 Å². The van der Waals surface area contributed by atoms with Crippen LogP contribution in [0.4, 0.5) is 34.1 Å². The highest BCUT2D eigenvalue weighted by atomic mass is 16.6. The zero-order valence-corrected chi connectivity index (χ0v) is 17.9. The van der Waals surface area contributed by atoms with Crippen LogP contribution in [0, 0.1) is 31.6 Å². The molecular weight excluding hydrogens is 438 g/mol. The number of amides is 1. The largest absolute Gasteiger partial charge is 0.468 e. The summed E-state index contributed by atoms with van der Waals surface area (Å²) in [4.78, 5) is 43.0. The smallest absolute Gasteiger partial charge is 0.325 e. The molecule has 0 unspecified atom stereocenters. The number of nitro groups is 2. The Bertz CT molecular complexity index is 1130. The van der Waals surface area contributed by atoms with Gasteiger partial charge in [0.1, 0.15) is 18.3 Å². The molecule has 0 saturated carbocycles. The van der Waals surface area contributed by atoms with E-state index in [4.69, 9.17) is 16.7 Å². The van der Waals surface area contributed by atoms with Crippen molar-refractivity contribution in [3.05, 3.63) is 56.1 Å². The molecule has 2 rings (SSSR count). The molecule has 0 aliphatic rings. The Morgan fingerprint density at radius 2 is 1.82 bits per heavy atom. The van der Waals surface area contributed by atoms with Crippen LogP contribution in [0.3, 0.4) is 0 Å². The van der Waals surface area contributed by atoms with E-state index in [1.807, 2.05) is 0 Å². The molecule has 33 heavy (non-hydrogen) atoms. The fourth-order valence-electron chi connectivity index (χ4n) is 2.40. The van der Waals surface area contributed by atoms with Gasteiger partial charge in [0.2, 0.25) is 5.91 Å². The van der Waals surface area contributed by atoms with Gasteiger partial charge in [-0.25, -0.2) is 0 Å². The lowest BCUT2D eigenvalue weighted by Gasteiger charge is -2.19. The van der Waals surface area contributed by atoms with Crippen LogP contribution in [0.2, 0.25) is 0 Å². The number of non-ortho nitro benzene ring substituents is 1. The van der Waals surface area contributed by atoms with E-state index in [1.54, 1.807) is 36.2 Å². The Balaban J connectivity index is 0.000000335. The van der Waals surface area contributed by atoms with E-state index >= 15 is 0 Å². The molecule has 0 radical (unpaired) electrons. The maximum Gasteiger partial charge on any atom is 0.325 e. The van der Waals surface area contributed by atoms with Gasteiger partial charge in [0.05, 0.1) is 40.0 Å². The number of esters is 1. The molecule has 0 spiro atoms. The lowest BCUT2D eigenvalue weighted by atomic mass is 10.1. The number of nitriles is 1.